The van der Waals surface area contributed by atoms with Crippen molar-refractivity contribution in [2.24, 2.45) is 0 Å². The normalized spacial score (nSPS) is 15.7. The van der Waals surface area contributed by atoms with Crippen molar-refractivity contribution in [3.63, 3.8) is 0 Å². The minimum absolute atomic E-state index is 0.0643. The average molecular weight is 368 g/mol. The molecule has 21 heavy (non-hydrogen) atoms. The molecule has 2 rings (SSSR count). The van der Waals surface area contributed by atoms with E-state index < -0.39 is 23.5 Å². The van der Waals surface area contributed by atoms with Crippen molar-refractivity contribution in [3.05, 3.63) is 35.1 Å². The fraction of sp³-hybridized carbons (Fsp3) is 0.500. The first-order chi connectivity index (χ1) is 9.84. The van der Waals surface area contributed by atoms with Crippen LogP contribution in [0.3, 0.4) is 0 Å². The van der Waals surface area contributed by atoms with Gasteiger partial charge in [-0.1, -0.05) is 15.9 Å². The van der Waals surface area contributed by atoms with Crippen LogP contribution in [0.2, 0.25) is 0 Å². The number of benzene rings is 1. The van der Waals surface area contributed by atoms with Gasteiger partial charge in [-0.05, 0) is 37.5 Å². The van der Waals surface area contributed by atoms with E-state index in [1.54, 1.807) is 4.90 Å². The quantitative estimate of drug-likeness (QED) is 0.575. The molecule has 1 fully saturated rings. The number of alkyl halides is 4. The summed E-state index contributed by atoms with van der Waals surface area (Å²) in [6.07, 6.45) is -2.09. The van der Waals surface area contributed by atoms with Gasteiger partial charge in [0.15, 0.2) is 0 Å². The number of hydrogen-bond acceptors (Lipinski definition) is 1. The SMILES string of the molecule is O=C(c1ccc(F)c(C(F)(F)F)c1)N(CCBr)C1CCC1. The Morgan fingerprint density at radius 2 is 2.00 bits per heavy atom. The lowest BCUT2D eigenvalue weighted by Crippen LogP contribution is -2.45. The summed E-state index contributed by atoms with van der Waals surface area (Å²) in [6.45, 7) is 0.419. The van der Waals surface area contributed by atoms with E-state index in [0.29, 0.717) is 24.0 Å². The van der Waals surface area contributed by atoms with E-state index in [0.717, 1.165) is 25.3 Å². The molecule has 0 N–H and O–H groups in total. The first-order valence-corrected chi connectivity index (χ1v) is 7.70. The Morgan fingerprint density at radius 1 is 1.33 bits per heavy atom. The molecule has 0 saturated heterocycles. The molecule has 0 heterocycles. The molecule has 1 aliphatic carbocycles. The van der Waals surface area contributed by atoms with Crippen LogP contribution in [0, 0.1) is 5.82 Å². The van der Waals surface area contributed by atoms with Gasteiger partial charge in [0.25, 0.3) is 5.91 Å². The van der Waals surface area contributed by atoms with Crippen molar-refractivity contribution >= 4 is 21.8 Å². The largest absolute Gasteiger partial charge is 0.419 e. The Balaban J connectivity index is 2.29. The maximum Gasteiger partial charge on any atom is 0.419 e. The van der Waals surface area contributed by atoms with Crippen molar-refractivity contribution in [2.75, 3.05) is 11.9 Å². The Kier molecular flexibility index (Phi) is 4.91. The van der Waals surface area contributed by atoms with Gasteiger partial charge in [-0.3, -0.25) is 4.79 Å². The van der Waals surface area contributed by atoms with Crippen molar-refractivity contribution in [3.8, 4) is 0 Å². The molecule has 116 valence electrons. The molecule has 0 spiro atoms. The van der Waals surface area contributed by atoms with Crippen LogP contribution >= 0.6 is 15.9 Å². The van der Waals surface area contributed by atoms with E-state index in [9.17, 15) is 22.4 Å². The van der Waals surface area contributed by atoms with Gasteiger partial charge < -0.3 is 4.90 Å². The molecule has 1 aromatic carbocycles. The monoisotopic (exact) mass is 367 g/mol. The van der Waals surface area contributed by atoms with Crippen LogP contribution in [-0.4, -0.2) is 28.7 Å². The second-order valence-corrected chi connectivity index (χ2v) is 5.76. The van der Waals surface area contributed by atoms with Gasteiger partial charge in [-0.15, -0.1) is 0 Å². The third-order valence-electron chi connectivity index (χ3n) is 3.62. The highest BCUT2D eigenvalue weighted by Crippen LogP contribution is 2.33. The van der Waals surface area contributed by atoms with Gasteiger partial charge in [0.1, 0.15) is 5.82 Å². The zero-order valence-corrected chi connectivity index (χ0v) is 12.7. The summed E-state index contributed by atoms with van der Waals surface area (Å²) < 4.78 is 51.4. The Bertz CT molecular complexity index is 528. The summed E-state index contributed by atoms with van der Waals surface area (Å²) in [5.74, 6) is -1.85. The van der Waals surface area contributed by atoms with Gasteiger partial charge in [-0.25, -0.2) is 4.39 Å². The summed E-state index contributed by atoms with van der Waals surface area (Å²) in [5, 5.41) is 0.544. The number of hydrogen-bond donors (Lipinski definition) is 0. The topological polar surface area (TPSA) is 20.3 Å². The van der Waals surface area contributed by atoms with E-state index in [2.05, 4.69) is 15.9 Å². The van der Waals surface area contributed by atoms with Crippen molar-refractivity contribution < 1.29 is 22.4 Å². The first-order valence-electron chi connectivity index (χ1n) is 6.58. The summed E-state index contributed by atoms with van der Waals surface area (Å²) >= 11 is 3.24. The van der Waals surface area contributed by atoms with E-state index in [-0.39, 0.29) is 11.6 Å². The lowest BCUT2D eigenvalue weighted by Gasteiger charge is -2.37. The molecule has 1 aliphatic rings. The van der Waals surface area contributed by atoms with E-state index in [1.807, 2.05) is 0 Å². The number of carbonyl (C=O) groups excluding carboxylic acids is 1. The smallest absolute Gasteiger partial charge is 0.335 e. The highest BCUT2D eigenvalue weighted by Gasteiger charge is 2.36. The molecule has 0 atom stereocenters. The van der Waals surface area contributed by atoms with Crippen LogP contribution < -0.4 is 0 Å². The zero-order valence-electron chi connectivity index (χ0n) is 11.1. The molecule has 0 bridgehead atoms. The molecule has 0 unspecified atom stereocenters. The van der Waals surface area contributed by atoms with Crippen LogP contribution in [0.25, 0.3) is 0 Å². The molecule has 1 saturated carbocycles. The highest BCUT2D eigenvalue weighted by atomic mass is 79.9. The van der Waals surface area contributed by atoms with Gasteiger partial charge in [-0.2, -0.15) is 13.2 Å². The standard InChI is InChI=1S/C14H14BrF4NO/c15-6-7-20(10-2-1-3-10)13(21)9-4-5-12(16)11(8-9)14(17,18)19/h4-5,8,10H,1-3,6-7H2. The summed E-state index contributed by atoms with van der Waals surface area (Å²) in [5.41, 5.74) is -1.53. The van der Waals surface area contributed by atoms with Crippen molar-refractivity contribution in [1.29, 1.82) is 0 Å². The van der Waals surface area contributed by atoms with Gasteiger partial charge in [0, 0.05) is 23.5 Å². The Hall–Kier alpha value is -1.11. The first kappa shape index (κ1) is 16.3. The number of rotatable bonds is 4. The molecule has 1 aromatic rings. The third kappa shape index (κ3) is 3.56. The van der Waals surface area contributed by atoms with Crippen molar-refractivity contribution in [1.82, 2.24) is 4.90 Å². The molecule has 0 aliphatic heterocycles. The van der Waals surface area contributed by atoms with Crippen LogP contribution in [0.4, 0.5) is 17.6 Å². The summed E-state index contributed by atoms with van der Waals surface area (Å²) in [4.78, 5) is 13.9. The van der Waals surface area contributed by atoms with E-state index >= 15 is 0 Å². The molecule has 7 heteroatoms. The third-order valence-corrected chi connectivity index (χ3v) is 3.98. The van der Waals surface area contributed by atoms with Crippen LogP contribution in [0.5, 0.6) is 0 Å². The maximum absolute atomic E-state index is 13.3. The van der Waals surface area contributed by atoms with Gasteiger partial charge in [0.2, 0.25) is 0 Å². The van der Waals surface area contributed by atoms with Gasteiger partial charge in [0.05, 0.1) is 5.56 Å². The predicted molar refractivity (Wildman–Crippen MR) is 73.9 cm³/mol. The molecular weight excluding hydrogens is 354 g/mol. The fourth-order valence-electron chi connectivity index (χ4n) is 2.28. The number of halogens is 5. The van der Waals surface area contributed by atoms with Crippen LogP contribution in [0.15, 0.2) is 18.2 Å². The summed E-state index contributed by atoms with van der Waals surface area (Å²) in [6, 6.07) is 2.46. The minimum atomic E-state index is -4.81. The van der Waals surface area contributed by atoms with Crippen molar-refractivity contribution in [2.45, 2.75) is 31.5 Å². The number of carbonyl (C=O) groups is 1. The molecule has 1 amide bonds. The summed E-state index contributed by atoms with van der Waals surface area (Å²) in [7, 11) is 0. The second-order valence-electron chi connectivity index (χ2n) is 4.96. The maximum atomic E-state index is 13.3. The number of nitrogens with zero attached hydrogens (tertiary/aromatic N) is 1. The van der Waals surface area contributed by atoms with Crippen LogP contribution in [-0.2, 0) is 6.18 Å². The lowest BCUT2D eigenvalue weighted by molar-refractivity contribution is -0.140. The Labute approximate surface area is 128 Å². The second kappa shape index (κ2) is 6.34. The average Bonchev–Trinajstić information content (AvgIpc) is 2.34. The number of amides is 1. The predicted octanol–water partition coefficient (Wildman–Crippen LogP) is 4.23. The highest BCUT2D eigenvalue weighted by molar-refractivity contribution is 9.09. The fourth-order valence-corrected chi connectivity index (χ4v) is 2.66. The molecular formula is C14H14BrF4NO. The minimum Gasteiger partial charge on any atom is -0.335 e. The van der Waals surface area contributed by atoms with E-state index in [1.165, 1.54) is 0 Å². The van der Waals surface area contributed by atoms with Crippen LogP contribution in [0.1, 0.15) is 35.2 Å². The lowest BCUT2D eigenvalue weighted by atomic mass is 9.91. The van der Waals surface area contributed by atoms with E-state index in [4.69, 9.17) is 0 Å². The molecule has 0 aromatic heterocycles. The Morgan fingerprint density at radius 3 is 2.48 bits per heavy atom. The zero-order chi connectivity index (χ0) is 15.6. The molecule has 0 radical (unpaired) electrons. The van der Waals surface area contributed by atoms with Gasteiger partial charge >= 0.3 is 6.18 Å². The molecule has 2 nitrogen and oxygen atoms in total.